The van der Waals surface area contributed by atoms with Crippen molar-refractivity contribution in [2.75, 3.05) is 20.1 Å². The molecule has 0 aromatic carbocycles. The average molecular weight is 444 g/mol. The molecule has 2 aliphatic carbocycles. The smallest absolute Gasteiger partial charge is 0.341 e. The van der Waals surface area contributed by atoms with E-state index in [1.54, 1.807) is 0 Å². The van der Waals surface area contributed by atoms with Gasteiger partial charge in [-0.15, -0.1) is 0 Å². The van der Waals surface area contributed by atoms with Gasteiger partial charge < -0.3 is 15.1 Å². The standard InChI is InChI=1S/C21H32F3N5O2/c1-28(20(7-8-20)21(22,23)24)19(31)17-13-11-29(9-6-15(13)26-27-17)18(30)16-10-12-4-2-3-5-14(12)25-16/h12-17,25-27H,2-11H2,1H3. The summed E-state index contributed by atoms with van der Waals surface area (Å²) in [6, 6.07) is -0.532. The summed E-state index contributed by atoms with van der Waals surface area (Å²) in [4.78, 5) is 29.0. The van der Waals surface area contributed by atoms with Crippen molar-refractivity contribution >= 4 is 11.8 Å². The van der Waals surface area contributed by atoms with Crippen molar-refractivity contribution in [3.63, 3.8) is 0 Å². The SMILES string of the molecule is CN(C(=O)C1NNC2CCN(C(=O)C3CC4CCCCC4N3)CC21)C1(C(F)(F)F)CC1. The van der Waals surface area contributed by atoms with Gasteiger partial charge in [-0.1, -0.05) is 12.8 Å². The number of alkyl halides is 3. The number of hydrazine groups is 1. The first-order valence-corrected chi connectivity index (χ1v) is 11.6. The highest BCUT2D eigenvalue weighted by Crippen LogP contribution is 2.53. The number of piperidine rings is 1. The Morgan fingerprint density at radius 3 is 2.48 bits per heavy atom. The molecule has 5 fully saturated rings. The first-order valence-electron chi connectivity index (χ1n) is 11.6. The number of nitrogens with zero attached hydrogens (tertiary/aromatic N) is 2. The van der Waals surface area contributed by atoms with Crippen LogP contribution >= 0.6 is 0 Å². The summed E-state index contributed by atoms with van der Waals surface area (Å²) in [7, 11) is 1.26. The van der Waals surface area contributed by atoms with Crippen LogP contribution in [0.5, 0.6) is 0 Å². The molecule has 0 spiro atoms. The van der Waals surface area contributed by atoms with E-state index >= 15 is 0 Å². The van der Waals surface area contributed by atoms with Crippen LogP contribution in [-0.4, -0.2) is 77.6 Å². The number of halogens is 3. The Morgan fingerprint density at radius 2 is 1.81 bits per heavy atom. The quantitative estimate of drug-likeness (QED) is 0.610. The third-order valence-corrected chi connectivity index (χ3v) is 8.47. The average Bonchev–Trinajstić information content (AvgIpc) is 3.30. The number of hydrogen-bond donors (Lipinski definition) is 3. The number of likely N-dealkylation sites (tertiary alicyclic amines) is 1. The van der Waals surface area contributed by atoms with Crippen LogP contribution in [0.1, 0.15) is 51.4 Å². The highest BCUT2D eigenvalue weighted by Gasteiger charge is 2.68. The second kappa shape index (κ2) is 7.59. The first-order chi connectivity index (χ1) is 14.7. The van der Waals surface area contributed by atoms with E-state index in [0.29, 0.717) is 31.5 Å². The molecule has 0 radical (unpaired) electrons. The maximum absolute atomic E-state index is 13.5. The zero-order chi connectivity index (χ0) is 22.0. The number of hydrogen-bond acceptors (Lipinski definition) is 5. The Balaban J connectivity index is 1.25. The summed E-state index contributed by atoms with van der Waals surface area (Å²) in [5.41, 5.74) is 4.00. The predicted octanol–water partition coefficient (Wildman–Crippen LogP) is 1.15. The van der Waals surface area contributed by atoms with E-state index in [4.69, 9.17) is 0 Å². The molecule has 2 saturated carbocycles. The second-order valence-electron chi connectivity index (χ2n) is 10.1. The highest BCUT2D eigenvalue weighted by molar-refractivity contribution is 5.85. The molecule has 7 nitrogen and oxygen atoms in total. The molecule has 6 unspecified atom stereocenters. The fourth-order valence-electron chi connectivity index (χ4n) is 6.33. The Labute approximate surface area is 180 Å². The zero-order valence-corrected chi connectivity index (χ0v) is 17.9. The second-order valence-corrected chi connectivity index (χ2v) is 10.1. The molecule has 6 atom stereocenters. The van der Waals surface area contributed by atoms with Gasteiger partial charge in [-0.05, 0) is 44.4 Å². The fraction of sp³-hybridized carbons (Fsp3) is 0.905. The Bertz CT molecular complexity index is 729. The molecule has 10 heteroatoms. The van der Waals surface area contributed by atoms with E-state index in [0.717, 1.165) is 17.7 Å². The van der Waals surface area contributed by atoms with Gasteiger partial charge in [-0.2, -0.15) is 13.2 Å². The van der Waals surface area contributed by atoms with E-state index in [1.165, 1.54) is 26.3 Å². The Hall–Kier alpha value is -1.39. The lowest BCUT2D eigenvalue weighted by Crippen LogP contribution is -2.58. The third kappa shape index (κ3) is 3.54. The van der Waals surface area contributed by atoms with Gasteiger partial charge in [0.25, 0.3) is 0 Å². The third-order valence-electron chi connectivity index (χ3n) is 8.47. The van der Waals surface area contributed by atoms with Crippen molar-refractivity contribution in [2.24, 2.45) is 11.8 Å². The molecule has 3 N–H and O–H groups in total. The minimum atomic E-state index is -4.43. The summed E-state index contributed by atoms with van der Waals surface area (Å²) in [5.74, 6) is -0.141. The van der Waals surface area contributed by atoms with Crippen molar-refractivity contribution in [1.29, 1.82) is 0 Å². The topological polar surface area (TPSA) is 76.7 Å². The van der Waals surface area contributed by atoms with Crippen LogP contribution in [-0.2, 0) is 9.59 Å². The fourth-order valence-corrected chi connectivity index (χ4v) is 6.33. The zero-order valence-electron chi connectivity index (χ0n) is 17.9. The van der Waals surface area contributed by atoms with Gasteiger partial charge in [-0.25, -0.2) is 5.43 Å². The molecule has 2 amide bonds. The monoisotopic (exact) mass is 443 g/mol. The molecule has 174 valence electrons. The van der Waals surface area contributed by atoms with Crippen LogP contribution in [0.25, 0.3) is 0 Å². The van der Waals surface area contributed by atoms with E-state index in [-0.39, 0.29) is 36.8 Å². The lowest BCUT2D eigenvalue weighted by Gasteiger charge is -2.38. The van der Waals surface area contributed by atoms with E-state index in [9.17, 15) is 22.8 Å². The van der Waals surface area contributed by atoms with Crippen molar-refractivity contribution < 1.29 is 22.8 Å². The van der Waals surface area contributed by atoms with Crippen molar-refractivity contribution in [3.05, 3.63) is 0 Å². The largest absolute Gasteiger partial charge is 0.411 e. The number of carbonyl (C=O) groups excluding carboxylic acids is 2. The van der Waals surface area contributed by atoms with Gasteiger partial charge in [0.05, 0.1) is 6.04 Å². The molecule has 3 heterocycles. The highest BCUT2D eigenvalue weighted by atomic mass is 19.4. The molecule has 0 aromatic rings. The number of amides is 2. The lowest BCUT2D eigenvalue weighted by molar-refractivity contribution is -0.198. The summed E-state index contributed by atoms with van der Waals surface area (Å²) >= 11 is 0. The van der Waals surface area contributed by atoms with Gasteiger partial charge in [0.15, 0.2) is 0 Å². The molecule has 0 bridgehead atoms. The summed E-state index contributed by atoms with van der Waals surface area (Å²) in [5, 5.41) is 3.52. The molecule has 3 aliphatic heterocycles. The number of carbonyl (C=O) groups is 2. The van der Waals surface area contributed by atoms with Gasteiger partial charge in [-0.3, -0.25) is 15.0 Å². The maximum Gasteiger partial charge on any atom is 0.411 e. The van der Waals surface area contributed by atoms with Gasteiger partial charge in [0.1, 0.15) is 11.6 Å². The molecule has 5 rings (SSSR count). The molecular formula is C21H32F3N5O2. The minimum absolute atomic E-state index is 0.0217. The molecular weight excluding hydrogens is 411 g/mol. The van der Waals surface area contributed by atoms with Crippen LogP contribution in [0.3, 0.4) is 0 Å². The van der Waals surface area contributed by atoms with Gasteiger partial charge in [0.2, 0.25) is 11.8 Å². The van der Waals surface area contributed by atoms with Crippen LogP contribution < -0.4 is 16.2 Å². The van der Waals surface area contributed by atoms with E-state index < -0.39 is 23.7 Å². The van der Waals surface area contributed by atoms with Crippen LogP contribution in [0, 0.1) is 11.8 Å². The Morgan fingerprint density at radius 1 is 1.06 bits per heavy atom. The number of likely N-dealkylation sites (N-methyl/N-ethyl adjacent to an activating group) is 1. The molecule has 0 aromatic heterocycles. The molecule has 5 aliphatic rings. The normalized spacial score (nSPS) is 39.0. The van der Waals surface area contributed by atoms with Crippen LogP contribution in [0.2, 0.25) is 0 Å². The van der Waals surface area contributed by atoms with Crippen LogP contribution in [0.4, 0.5) is 13.2 Å². The summed E-state index contributed by atoms with van der Waals surface area (Å²) < 4.78 is 40.5. The van der Waals surface area contributed by atoms with Crippen molar-refractivity contribution in [3.8, 4) is 0 Å². The number of nitrogens with one attached hydrogen (secondary N) is 3. The summed E-state index contributed by atoms with van der Waals surface area (Å²) in [6.45, 7) is 0.992. The first kappa shape index (κ1) is 21.5. The molecule has 31 heavy (non-hydrogen) atoms. The van der Waals surface area contributed by atoms with Gasteiger partial charge in [0, 0.05) is 38.1 Å². The number of fused-ring (bicyclic) bond motifs is 2. The predicted molar refractivity (Wildman–Crippen MR) is 107 cm³/mol. The maximum atomic E-state index is 13.5. The van der Waals surface area contributed by atoms with Crippen molar-refractivity contribution in [2.45, 2.75) is 87.2 Å². The van der Waals surface area contributed by atoms with E-state index in [1.807, 2.05) is 4.90 Å². The number of rotatable bonds is 3. The summed E-state index contributed by atoms with van der Waals surface area (Å²) in [6.07, 6.45) is 1.75. The van der Waals surface area contributed by atoms with Gasteiger partial charge >= 0.3 is 6.18 Å². The van der Waals surface area contributed by atoms with Crippen LogP contribution in [0.15, 0.2) is 0 Å². The minimum Gasteiger partial charge on any atom is -0.341 e. The molecule has 3 saturated heterocycles. The van der Waals surface area contributed by atoms with E-state index in [2.05, 4.69) is 16.2 Å². The van der Waals surface area contributed by atoms with Crippen molar-refractivity contribution in [1.82, 2.24) is 26.0 Å². The Kier molecular flexibility index (Phi) is 5.25. The lowest BCUT2D eigenvalue weighted by atomic mass is 9.84.